The van der Waals surface area contributed by atoms with E-state index in [9.17, 15) is 48.2 Å². The third-order valence-corrected chi connectivity index (χ3v) is 9.23. The van der Waals surface area contributed by atoms with Crippen molar-refractivity contribution in [3.05, 3.63) is 72.1 Å². The molecule has 14 nitrogen and oxygen atoms in total. The third-order valence-electron chi connectivity index (χ3n) is 7.91. The number of benzene rings is 2. The molecule has 4 aromatic rings. The van der Waals surface area contributed by atoms with Crippen molar-refractivity contribution >= 4 is 11.8 Å². The molecular formula is C28H28F4N6O8S. The zero-order valence-corrected chi connectivity index (χ0v) is 24.7. The quantitative estimate of drug-likeness (QED) is 0.137. The predicted octanol–water partition coefficient (Wildman–Crippen LogP) is 0.154. The van der Waals surface area contributed by atoms with Crippen LogP contribution in [0.15, 0.2) is 48.8 Å². The van der Waals surface area contributed by atoms with Gasteiger partial charge in [0.2, 0.25) is 0 Å². The van der Waals surface area contributed by atoms with E-state index in [2.05, 4.69) is 20.6 Å². The maximum Gasteiger partial charge on any atom is 0.134 e. The van der Waals surface area contributed by atoms with E-state index in [0.717, 1.165) is 33.6 Å². The number of thioether (sulfide) groups is 1. The maximum absolute atomic E-state index is 13.8. The highest BCUT2D eigenvalue weighted by Gasteiger charge is 2.51. The normalized spacial score (nSPS) is 31.3. The molecule has 10 atom stereocenters. The van der Waals surface area contributed by atoms with Gasteiger partial charge in [0, 0.05) is 23.3 Å². The van der Waals surface area contributed by atoms with Crippen LogP contribution in [0.4, 0.5) is 17.6 Å². The summed E-state index contributed by atoms with van der Waals surface area (Å²) in [6.45, 7) is -1.43. The van der Waals surface area contributed by atoms with Crippen molar-refractivity contribution in [3.63, 3.8) is 0 Å². The van der Waals surface area contributed by atoms with E-state index in [0.29, 0.717) is 23.9 Å². The van der Waals surface area contributed by atoms with Crippen molar-refractivity contribution in [2.75, 3.05) is 13.2 Å². The Morgan fingerprint density at radius 1 is 0.596 bits per heavy atom. The van der Waals surface area contributed by atoms with Crippen LogP contribution in [0.3, 0.4) is 0 Å². The molecule has 0 bridgehead atoms. The highest BCUT2D eigenvalue weighted by atomic mass is 32.2. The largest absolute Gasteiger partial charge is 0.394 e. The van der Waals surface area contributed by atoms with Crippen molar-refractivity contribution in [1.29, 1.82) is 0 Å². The number of aromatic nitrogens is 6. The fraction of sp³-hybridized carbons (Fsp3) is 0.429. The second kappa shape index (κ2) is 13.5. The standard InChI is InChI=1S/C28H28F4N6O8S/c29-13-1-11(2-14(30)5-13)17-7-37(35-33-17)21-23(41)19(9-39)45-27(25(21)43)47-28-26(44)22(24(42)20(10-40)46-28)38-8-18(34-36-38)12-3-15(31)6-16(32)4-12/h1-8,19-28,39-44H,9-10H2/t19-,20?,21?,22+,23?,24+,25-,26?,27?,28+/m1/s1. The smallest absolute Gasteiger partial charge is 0.134 e. The van der Waals surface area contributed by atoms with Crippen LogP contribution in [0.1, 0.15) is 12.1 Å². The van der Waals surface area contributed by atoms with Crippen LogP contribution in [0, 0.1) is 23.3 Å². The molecule has 2 aromatic heterocycles. The lowest BCUT2D eigenvalue weighted by atomic mass is 9.97. The van der Waals surface area contributed by atoms with Gasteiger partial charge >= 0.3 is 0 Å². The maximum atomic E-state index is 13.8. The van der Waals surface area contributed by atoms with E-state index < -0.39 is 96.1 Å². The highest BCUT2D eigenvalue weighted by Crippen LogP contribution is 2.42. The monoisotopic (exact) mass is 684 g/mol. The van der Waals surface area contributed by atoms with Crippen LogP contribution in [0.25, 0.3) is 22.5 Å². The molecule has 0 saturated carbocycles. The van der Waals surface area contributed by atoms with Crippen molar-refractivity contribution in [2.45, 2.75) is 59.6 Å². The summed E-state index contributed by atoms with van der Waals surface area (Å²) in [7, 11) is 0. The summed E-state index contributed by atoms with van der Waals surface area (Å²) >= 11 is 0.701. The molecule has 4 heterocycles. The Labute approximate surface area is 266 Å². The van der Waals surface area contributed by atoms with Crippen LogP contribution in [0.2, 0.25) is 0 Å². The topological polar surface area (TPSA) is 201 Å². The zero-order chi connectivity index (χ0) is 33.6. The number of nitrogens with zero attached hydrogens (tertiary/aromatic N) is 6. The Kier molecular flexibility index (Phi) is 9.61. The van der Waals surface area contributed by atoms with Crippen LogP contribution in [0.5, 0.6) is 0 Å². The number of ether oxygens (including phenoxy) is 2. The van der Waals surface area contributed by atoms with Gasteiger partial charge < -0.3 is 40.1 Å². The minimum atomic E-state index is -1.62. The summed E-state index contributed by atoms with van der Waals surface area (Å²) < 4.78 is 68.8. The first-order chi connectivity index (χ1) is 22.5. The van der Waals surface area contributed by atoms with Gasteiger partial charge in [0.25, 0.3) is 0 Å². The molecule has 6 rings (SSSR count). The van der Waals surface area contributed by atoms with Crippen molar-refractivity contribution in [1.82, 2.24) is 30.0 Å². The van der Waals surface area contributed by atoms with E-state index >= 15 is 0 Å². The fourth-order valence-corrected chi connectivity index (χ4v) is 6.95. The van der Waals surface area contributed by atoms with Gasteiger partial charge in [-0.15, -0.1) is 10.2 Å². The first-order valence-corrected chi connectivity index (χ1v) is 15.1. The van der Waals surface area contributed by atoms with Gasteiger partial charge in [-0.1, -0.05) is 22.2 Å². The Morgan fingerprint density at radius 2 is 0.957 bits per heavy atom. The molecule has 0 amide bonds. The molecule has 2 fully saturated rings. The van der Waals surface area contributed by atoms with Crippen LogP contribution >= 0.6 is 11.8 Å². The third kappa shape index (κ3) is 6.62. The number of halogens is 4. The van der Waals surface area contributed by atoms with Crippen molar-refractivity contribution in [2.24, 2.45) is 0 Å². The summed E-state index contributed by atoms with van der Waals surface area (Å²) in [6, 6.07) is 2.77. The number of aliphatic hydroxyl groups is 6. The molecule has 2 saturated heterocycles. The van der Waals surface area contributed by atoms with Gasteiger partial charge in [-0.05, 0) is 24.3 Å². The average molecular weight is 685 g/mol. The Bertz CT molecular complexity index is 1560. The van der Waals surface area contributed by atoms with E-state index in [-0.39, 0.29) is 22.5 Å². The minimum absolute atomic E-state index is 0.0147. The summed E-state index contributed by atoms with van der Waals surface area (Å²) in [4.78, 5) is 0. The van der Waals surface area contributed by atoms with E-state index in [4.69, 9.17) is 9.47 Å². The Hall–Kier alpha value is -3.53. The van der Waals surface area contributed by atoms with Crippen LogP contribution in [-0.2, 0) is 9.47 Å². The molecule has 5 unspecified atom stereocenters. The predicted molar refractivity (Wildman–Crippen MR) is 152 cm³/mol. The summed E-state index contributed by atoms with van der Waals surface area (Å²) in [5.74, 6) is -3.45. The fourth-order valence-electron chi connectivity index (χ4n) is 5.63. The SMILES string of the molecule is OCC1O[C@@H](SC2O[C@H](CO)C(O)C(n3cc(-c4cc(F)cc(F)c4)nn3)[C@H]2O)C(O)[C@@H](n2cc(-c3cc(F)cc(F)c3)nn2)[C@H]1O. The lowest BCUT2D eigenvalue weighted by Gasteiger charge is -2.46. The summed E-state index contributed by atoms with van der Waals surface area (Å²) in [5.41, 5.74) is -2.58. The molecule has 2 aliphatic heterocycles. The number of aliphatic hydroxyl groups excluding tert-OH is 6. The first kappa shape index (κ1) is 33.4. The van der Waals surface area contributed by atoms with Crippen LogP contribution in [-0.4, -0.2) is 121 Å². The van der Waals surface area contributed by atoms with Gasteiger partial charge in [0.05, 0.1) is 25.6 Å². The number of hydrogen-bond acceptors (Lipinski definition) is 13. The van der Waals surface area contributed by atoms with E-state index in [1.807, 2.05) is 0 Å². The van der Waals surface area contributed by atoms with Crippen molar-refractivity contribution in [3.8, 4) is 22.5 Å². The Morgan fingerprint density at radius 3 is 1.30 bits per heavy atom. The van der Waals surface area contributed by atoms with Gasteiger partial charge in [-0.2, -0.15) is 0 Å². The number of rotatable bonds is 8. The molecule has 19 heteroatoms. The lowest BCUT2D eigenvalue weighted by molar-refractivity contribution is -0.189. The zero-order valence-electron chi connectivity index (χ0n) is 23.9. The molecule has 0 spiro atoms. The molecule has 0 radical (unpaired) electrons. The van der Waals surface area contributed by atoms with Gasteiger partial charge in [0.1, 0.15) is 94.2 Å². The van der Waals surface area contributed by atoms with Crippen molar-refractivity contribution < 1.29 is 57.7 Å². The highest BCUT2D eigenvalue weighted by molar-refractivity contribution is 8.00. The first-order valence-electron chi connectivity index (χ1n) is 14.1. The van der Waals surface area contributed by atoms with Gasteiger partial charge in [0.15, 0.2) is 0 Å². The van der Waals surface area contributed by atoms with E-state index in [1.54, 1.807) is 0 Å². The van der Waals surface area contributed by atoms with Gasteiger partial charge in [-0.25, -0.2) is 26.9 Å². The Balaban J connectivity index is 1.26. The summed E-state index contributed by atoms with van der Waals surface area (Å²) in [6.07, 6.45) is -6.45. The second-order valence-electron chi connectivity index (χ2n) is 11.0. The number of hydrogen-bond donors (Lipinski definition) is 6. The molecular weight excluding hydrogens is 656 g/mol. The molecule has 252 valence electrons. The average Bonchev–Trinajstić information content (AvgIpc) is 3.70. The van der Waals surface area contributed by atoms with E-state index in [1.165, 1.54) is 12.4 Å². The molecule has 6 N–H and O–H groups in total. The van der Waals surface area contributed by atoms with Crippen LogP contribution < -0.4 is 0 Å². The second-order valence-corrected chi connectivity index (χ2v) is 12.2. The molecule has 2 aromatic carbocycles. The van der Waals surface area contributed by atoms with Gasteiger partial charge in [-0.3, -0.25) is 0 Å². The molecule has 0 aliphatic carbocycles. The summed E-state index contributed by atoms with van der Waals surface area (Å²) in [5, 5.41) is 80.1. The molecule has 47 heavy (non-hydrogen) atoms. The minimum Gasteiger partial charge on any atom is -0.394 e. The lowest BCUT2D eigenvalue weighted by Crippen LogP contribution is -2.58. The molecule has 2 aliphatic rings.